The first-order chi connectivity index (χ1) is 12.9. The molecule has 4 rings (SSSR count). The fourth-order valence-electron chi connectivity index (χ4n) is 4.00. The van der Waals surface area contributed by atoms with Crippen molar-refractivity contribution in [2.75, 3.05) is 19.6 Å². The van der Waals surface area contributed by atoms with Gasteiger partial charge in [-0.05, 0) is 0 Å². The van der Waals surface area contributed by atoms with Crippen LogP contribution in [0.3, 0.4) is 0 Å². The zero-order valence-corrected chi connectivity index (χ0v) is 17.3. The third kappa shape index (κ3) is 7.92. The van der Waals surface area contributed by atoms with E-state index in [2.05, 4.69) is 58.6 Å². The second-order valence-electron chi connectivity index (χ2n) is 7.27. The molecule has 0 aliphatic carbocycles. The summed E-state index contributed by atoms with van der Waals surface area (Å²) >= 11 is 3.66. The van der Waals surface area contributed by atoms with Gasteiger partial charge in [-0.3, -0.25) is 0 Å². The van der Waals surface area contributed by atoms with Gasteiger partial charge in [0, 0.05) is 0 Å². The van der Waals surface area contributed by atoms with Crippen LogP contribution in [0.2, 0.25) is 0 Å². The van der Waals surface area contributed by atoms with E-state index in [4.69, 9.17) is 0 Å². The van der Waals surface area contributed by atoms with Crippen LogP contribution in [0.15, 0.2) is 24.4 Å². The Balaban J connectivity index is 0.000000171. The van der Waals surface area contributed by atoms with E-state index in [9.17, 15) is 0 Å². The molecule has 4 atom stereocenters. The summed E-state index contributed by atoms with van der Waals surface area (Å²) in [5, 5.41) is 18.3. The van der Waals surface area contributed by atoms with E-state index in [0.717, 1.165) is 19.6 Å². The molecule has 4 aliphatic heterocycles. The van der Waals surface area contributed by atoms with Crippen molar-refractivity contribution in [2.45, 2.75) is 82.0 Å². The monoisotopic (exact) mass is 426 g/mol. The molecule has 0 aromatic carbocycles. The van der Waals surface area contributed by atoms with Crippen LogP contribution in [0, 0.1) is 0 Å². The van der Waals surface area contributed by atoms with Crippen LogP contribution >= 0.6 is 10.1 Å². The number of allylic oxidation sites excluding steroid dienone is 2. The summed E-state index contributed by atoms with van der Waals surface area (Å²) in [4.78, 5) is 0. The quantitative estimate of drug-likeness (QED) is 0.467. The first kappa shape index (κ1) is 22.3. The molecule has 0 saturated carbocycles. The van der Waals surface area contributed by atoms with E-state index in [-0.39, 0.29) is 0 Å². The molecule has 0 N–H and O–H groups in total. The second-order valence-corrected chi connectivity index (χ2v) is 7.27. The summed E-state index contributed by atoms with van der Waals surface area (Å²) < 4.78 is 0. The van der Waals surface area contributed by atoms with Crippen molar-refractivity contribution in [3.63, 3.8) is 0 Å². The van der Waals surface area contributed by atoms with Crippen molar-refractivity contribution in [1.82, 2.24) is 0 Å². The summed E-state index contributed by atoms with van der Waals surface area (Å²) in [5.41, 5.74) is 0. The number of piperidine rings is 3. The van der Waals surface area contributed by atoms with Crippen LogP contribution < -0.4 is 0 Å². The minimum atomic E-state index is 0.329. The average molecular weight is 428 g/mol. The second kappa shape index (κ2) is 14.0. The molecular formula is C20H32ClCuN4-3. The van der Waals surface area contributed by atoms with E-state index >= 15 is 0 Å². The minimum absolute atomic E-state index is 0.329. The molecule has 3 saturated heterocycles. The fraction of sp³-hybridized carbons (Fsp3) is 0.800. The van der Waals surface area contributed by atoms with Crippen LogP contribution in [0.1, 0.15) is 57.8 Å². The summed E-state index contributed by atoms with van der Waals surface area (Å²) in [5.74, 6) is 0. The molecule has 4 aliphatic rings. The van der Waals surface area contributed by atoms with Gasteiger partial charge in [0.2, 0.25) is 0 Å². The van der Waals surface area contributed by atoms with Crippen molar-refractivity contribution in [1.29, 1.82) is 0 Å². The molecule has 0 spiro atoms. The van der Waals surface area contributed by atoms with Gasteiger partial charge < -0.3 is 21.3 Å². The Bertz CT molecular complexity index is 385. The third-order valence-electron chi connectivity index (χ3n) is 5.42. The first-order valence-electron chi connectivity index (χ1n) is 10.1. The van der Waals surface area contributed by atoms with Crippen molar-refractivity contribution in [3.05, 3.63) is 45.7 Å². The molecule has 0 aromatic heterocycles. The van der Waals surface area contributed by atoms with Gasteiger partial charge in [0.05, 0.1) is 0 Å². The van der Waals surface area contributed by atoms with Gasteiger partial charge >= 0.3 is 25.2 Å². The van der Waals surface area contributed by atoms with Crippen molar-refractivity contribution in [2.24, 2.45) is 0 Å². The number of rotatable bonds is 2. The van der Waals surface area contributed by atoms with Crippen molar-refractivity contribution >= 4 is 10.1 Å². The van der Waals surface area contributed by atoms with E-state index < -0.39 is 0 Å². The van der Waals surface area contributed by atoms with Gasteiger partial charge in [-0.15, -0.1) is 37.8 Å². The SMILES string of the molecule is C1=C[N-]C(C2CCCC[N-]2)C=C1.C1CCC(C2CCCC[N-]2)[N-]C1.[Cl][Cu+]. The molecule has 4 unspecified atom stereocenters. The molecule has 153 valence electrons. The molecule has 26 heavy (non-hydrogen) atoms. The molecule has 4 nitrogen and oxygen atoms in total. The van der Waals surface area contributed by atoms with Crippen molar-refractivity contribution in [3.8, 4) is 0 Å². The molecule has 3 fully saturated rings. The van der Waals surface area contributed by atoms with Crippen molar-refractivity contribution < 1.29 is 15.1 Å². The number of hydrogen-bond donors (Lipinski definition) is 0. The molecule has 0 amide bonds. The molecule has 4 heterocycles. The predicted octanol–water partition coefficient (Wildman–Crippen LogP) is 6.26. The maximum absolute atomic E-state index is 4.66. The van der Waals surface area contributed by atoms with Gasteiger partial charge in [-0.1, -0.05) is 69.9 Å². The van der Waals surface area contributed by atoms with Gasteiger partial charge in [0.1, 0.15) is 0 Å². The van der Waals surface area contributed by atoms with E-state index in [1.54, 1.807) is 0 Å². The normalized spacial score (nSPS) is 33.8. The molecule has 0 aromatic rings. The molecule has 0 bridgehead atoms. The Morgan fingerprint density at radius 2 is 1.15 bits per heavy atom. The topological polar surface area (TPSA) is 56.4 Å². The first-order valence-corrected chi connectivity index (χ1v) is 11.4. The van der Waals surface area contributed by atoms with E-state index in [1.807, 2.05) is 12.3 Å². The van der Waals surface area contributed by atoms with Crippen LogP contribution in [0.25, 0.3) is 21.3 Å². The summed E-state index contributed by atoms with van der Waals surface area (Å²) in [6.45, 7) is 3.22. The number of hydrogen-bond acceptors (Lipinski definition) is 0. The fourth-order valence-corrected chi connectivity index (χ4v) is 4.00. The van der Waals surface area contributed by atoms with Gasteiger partial charge in [-0.25, -0.2) is 0 Å². The number of halogens is 1. The van der Waals surface area contributed by atoms with Crippen LogP contribution in [-0.2, 0) is 15.1 Å². The van der Waals surface area contributed by atoms with Gasteiger partial charge in [0.25, 0.3) is 0 Å². The Kier molecular flexibility index (Phi) is 12.0. The maximum atomic E-state index is 4.66. The van der Waals surface area contributed by atoms with Gasteiger partial charge in [0.15, 0.2) is 0 Å². The van der Waals surface area contributed by atoms with Crippen LogP contribution in [0.5, 0.6) is 0 Å². The zero-order valence-electron chi connectivity index (χ0n) is 15.6. The number of nitrogens with zero attached hydrogens (tertiary/aromatic N) is 4. The molecule has 0 radical (unpaired) electrons. The zero-order chi connectivity index (χ0) is 18.5. The van der Waals surface area contributed by atoms with E-state index in [0.29, 0.717) is 24.2 Å². The standard InChI is InChI=1S/C10H18N2.C10H14N2.ClH.Cu/c2*1-3-7-11-9(5-1)10-6-2-4-8-12-10;;/h9-10H,1-8H2;1,3,5,7,9-10H,2,4,6,8H2;1H;/q2*-2;;+2/p-1. The third-order valence-corrected chi connectivity index (χ3v) is 5.42. The summed E-state index contributed by atoms with van der Waals surface area (Å²) in [6.07, 6.45) is 19.8. The van der Waals surface area contributed by atoms with Crippen LogP contribution in [-0.4, -0.2) is 43.8 Å². The summed E-state index contributed by atoms with van der Waals surface area (Å²) in [6, 6.07) is 1.98. The Labute approximate surface area is 172 Å². The Morgan fingerprint density at radius 1 is 0.654 bits per heavy atom. The molecule has 6 heteroatoms. The Hall–Kier alpha value is -0.0305. The predicted molar refractivity (Wildman–Crippen MR) is 109 cm³/mol. The van der Waals surface area contributed by atoms with Gasteiger partial charge in [-0.2, -0.15) is 18.3 Å². The van der Waals surface area contributed by atoms with Crippen LogP contribution in [0.4, 0.5) is 0 Å². The summed E-state index contributed by atoms with van der Waals surface area (Å²) in [7, 11) is 4.20. The van der Waals surface area contributed by atoms with E-state index in [1.165, 1.54) is 57.8 Å². The molecular weight excluding hydrogens is 395 g/mol. The average Bonchev–Trinajstić information content (AvgIpc) is 2.78. The Morgan fingerprint density at radius 3 is 1.54 bits per heavy atom.